The molecule has 1 aliphatic rings. The van der Waals surface area contributed by atoms with Crippen LogP contribution in [0.15, 0.2) is 121 Å². The van der Waals surface area contributed by atoms with Gasteiger partial charge in [0, 0.05) is 6.54 Å². The topological polar surface area (TPSA) is 40.2 Å². The van der Waals surface area contributed by atoms with Crippen LogP contribution < -0.4 is 0 Å². The third-order valence-electron chi connectivity index (χ3n) is 7.38. The maximum atomic E-state index is 6.71. The van der Waals surface area contributed by atoms with Gasteiger partial charge in [-0.2, -0.15) is 0 Å². The molecule has 40 heavy (non-hydrogen) atoms. The van der Waals surface area contributed by atoms with Crippen molar-refractivity contribution < 1.29 is 18.9 Å². The number of hydrogen-bond donors (Lipinski definition) is 0. The van der Waals surface area contributed by atoms with Gasteiger partial charge >= 0.3 is 0 Å². The summed E-state index contributed by atoms with van der Waals surface area (Å²) in [7, 11) is 2.13. The van der Waals surface area contributed by atoms with Gasteiger partial charge in [-0.05, 0) is 29.3 Å². The second kappa shape index (κ2) is 14.9. The number of likely N-dealkylation sites (N-methyl/N-ethyl adjacent to an activating group) is 1. The summed E-state index contributed by atoms with van der Waals surface area (Å²) in [5.41, 5.74) is 4.55. The quantitative estimate of drug-likeness (QED) is 0.201. The average Bonchev–Trinajstić information content (AvgIpc) is 3.01. The highest BCUT2D eigenvalue weighted by Crippen LogP contribution is 2.28. The van der Waals surface area contributed by atoms with Crippen molar-refractivity contribution in [3.8, 4) is 0 Å². The Labute approximate surface area is 238 Å². The molecule has 208 valence electrons. The van der Waals surface area contributed by atoms with E-state index in [4.69, 9.17) is 18.9 Å². The van der Waals surface area contributed by atoms with Crippen LogP contribution in [0.2, 0.25) is 0 Å². The highest BCUT2D eigenvalue weighted by molar-refractivity contribution is 5.16. The summed E-state index contributed by atoms with van der Waals surface area (Å²) in [6.45, 7) is 3.30. The number of ether oxygens (including phenoxy) is 4. The number of benzene rings is 4. The minimum absolute atomic E-state index is 0.00442. The minimum Gasteiger partial charge on any atom is -0.375 e. The standard InChI is InChI=1S/C35H39NO4/c1-36-22-33(38-24-29-16-8-3-9-17-29)35(40-26-31-20-12-5-13-21-31)34(39-25-30-18-10-4-11-19-30)32(36)27-37-23-28-14-6-2-7-15-28/h2-21,32-35H,22-27H2,1H3/t32?,33-,34+,35+/m0/s1. The number of piperidine rings is 1. The van der Waals surface area contributed by atoms with Crippen molar-refractivity contribution in [3.05, 3.63) is 144 Å². The maximum Gasteiger partial charge on any atom is 0.113 e. The van der Waals surface area contributed by atoms with Crippen molar-refractivity contribution in [2.75, 3.05) is 20.2 Å². The molecular weight excluding hydrogens is 498 g/mol. The van der Waals surface area contributed by atoms with Gasteiger partial charge in [-0.15, -0.1) is 0 Å². The van der Waals surface area contributed by atoms with Crippen molar-refractivity contribution in [1.82, 2.24) is 4.90 Å². The van der Waals surface area contributed by atoms with Crippen LogP contribution in [0.3, 0.4) is 0 Å². The Balaban J connectivity index is 1.36. The Bertz CT molecular complexity index is 1240. The summed E-state index contributed by atoms with van der Waals surface area (Å²) in [6.07, 6.45) is -0.687. The number of rotatable bonds is 13. The van der Waals surface area contributed by atoms with Gasteiger partial charge in [-0.3, -0.25) is 4.90 Å². The zero-order chi connectivity index (χ0) is 27.4. The van der Waals surface area contributed by atoms with Gasteiger partial charge in [-0.25, -0.2) is 0 Å². The summed E-state index contributed by atoms with van der Waals surface area (Å²) in [5, 5.41) is 0. The molecule has 4 aromatic carbocycles. The molecule has 4 atom stereocenters. The largest absolute Gasteiger partial charge is 0.375 e. The van der Waals surface area contributed by atoms with E-state index in [9.17, 15) is 0 Å². The van der Waals surface area contributed by atoms with Crippen LogP contribution in [0.25, 0.3) is 0 Å². The Morgan fingerprint density at radius 3 is 1.40 bits per heavy atom. The van der Waals surface area contributed by atoms with Crippen molar-refractivity contribution in [2.45, 2.75) is 50.8 Å². The van der Waals surface area contributed by atoms with E-state index >= 15 is 0 Å². The first kappa shape index (κ1) is 28.2. The molecule has 1 heterocycles. The molecule has 0 N–H and O–H groups in total. The summed E-state index contributed by atoms with van der Waals surface area (Å²) in [4.78, 5) is 2.30. The molecule has 0 saturated carbocycles. The van der Waals surface area contributed by atoms with E-state index in [-0.39, 0.29) is 24.4 Å². The Morgan fingerprint density at radius 2 is 0.925 bits per heavy atom. The normalized spacial score (nSPS) is 21.3. The van der Waals surface area contributed by atoms with Crippen LogP contribution >= 0.6 is 0 Å². The lowest BCUT2D eigenvalue weighted by Crippen LogP contribution is -2.63. The van der Waals surface area contributed by atoms with Gasteiger partial charge in [0.2, 0.25) is 0 Å². The molecule has 0 aliphatic carbocycles. The molecule has 4 aromatic rings. The first-order valence-electron chi connectivity index (χ1n) is 14.0. The zero-order valence-electron chi connectivity index (χ0n) is 23.2. The van der Waals surface area contributed by atoms with E-state index in [0.29, 0.717) is 33.0 Å². The molecule has 1 saturated heterocycles. The van der Waals surface area contributed by atoms with Crippen LogP contribution in [0.5, 0.6) is 0 Å². The summed E-state index contributed by atoms with van der Waals surface area (Å²) in [5.74, 6) is 0. The molecular formula is C35H39NO4. The van der Waals surface area contributed by atoms with Crippen molar-refractivity contribution >= 4 is 0 Å². The van der Waals surface area contributed by atoms with E-state index in [2.05, 4.69) is 60.5 Å². The van der Waals surface area contributed by atoms with Gasteiger partial charge < -0.3 is 18.9 Å². The molecule has 0 aromatic heterocycles. The highest BCUT2D eigenvalue weighted by atomic mass is 16.6. The molecule has 1 unspecified atom stereocenters. The SMILES string of the molecule is CN1C[C@H](OCc2ccccc2)[C@@H](OCc2ccccc2)[C@H](OCc2ccccc2)C1COCc1ccccc1. The lowest BCUT2D eigenvalue weighted by atomic mass is 9.93. The van der Waals surface area contributed by atoms with Gasteiger partial charge in [0.25, 0.3) is 0 Å². The fourth-order valence-electron chi connectivity index (χ4n) is 5.16. The second-order valence-electron chi connectivity index (χ2n) is 10.4. The molecule has 5 rings (SSSR count). The van der Waals surface area contributed by atoms with Gasteiger partial charge in [-0.1, -0.05) is 121 Å². The molecule has 1 aliphatic heterocycles. The van der Waals surface area contributed by atoms with E-state index in [1.165, 1.54) is 0 Å². The highest BCUT2D eigenvalue weighted by Gasteiger charge is 2.45. The van der Waals surface area contributed by atoms with E-state index < -0.39 is 0 Å². The summed E-state index contributed by atoms with van der Waals surface area (Å²) in [6, 6.07) is 41.2. The van der Waals surface area contributed by atoms with Crippen LogP contribution in [-0.2, 0) is 45.4 Å². The van der Waals surface area contributed by atoms with Gasteiger partial charge in [0.05, 0.1) is 45.2 Å². The lowest BCUT2D eigenvalue weighted by Gasteiger charge is -2.47. The molecule has 5 nitrogen and oxygen atoms in total. The summed E-state index contributed by atoms with van der Waals surface area (Å²) < 4.78 is 26.2. The second-order valence-corrected chi connectivity index (χ2v) is 10.4. The number of likely N-dealkylation sites (tertiary alicyclic amines) is 1. The van der Waals surface area contributed by atoms with Crippen molar-refractivity contribution in [3.63, 3.8) is 0 Å². The molecule has 0 spiro atoms. The van der Waals surface area contributed by atoms with Crippen molar-refractivity contribution in [2.24, 2.45) is 0 Å². The van der Waals surface area contributed by atoms with Crippen LogP contribution in [0.1, 0.15) is 22.3 Å². The van der Waals surface area contributed by atoms with Gasteiger partial charge in [0.1, 0.15) is 12.2 Å². The fraction of sp³-hybridized carbons (Fsp3) is 0.314. The molecule has 0 amide bonds. The molecule has 5 heteroatoms. The predicted molar refractivity (Wildman–Crippen MR) is 158 cm³/mol. The first-order valence-corrected chi connectivity index (χ1v) is 14.0. The van der Waals surface area contributed by atoms with E-state index in [1.807, 2.05) is 72.8 Å². The smallest absolute Gasteiger partial charge is 0.113 e. The molecule has 0 bridgehead atoms. The van der Waals surface area contributed by atoms with E-state index in [0.717, 1.165) is 28.8 Å². The summed E-state index contributed by atoms with van der Waals surface area (Å²) >= 11 is 0. The number of hydrogen-bond acceptors (Lipinski definition) is 5. The van der Waals surface area contributed by atoms with Crippen LogP contribution in [-0.4, -0.2) is 49.5 Å². The number of nitrogens with zero attached hydrogens (tertiary/aromatic N) is 1. The lowest BCUT2D eigenvalue weighted by molar-refractivity contribution is -0.207. The zero-order valence-corrected chi connectivity index (χ0v) is 23.2. The first-order chi connectivity index (χ1) is 19.8. The molecule has 1 fully saturated rings. The van der Waals surface area contributed by atoms with E-state index in [1.54, 1.807) is 0 Å². The minimum atomic E-state index is -0.269. The predicted octanol–water partition coefficient (Wildman–Crippen LogP) is 6.27. The molecule has 0 radical (unpaired) electrons. The maximum absolute atomic E-state index is 6.71. The monoisotopic (exact) mass is 537 g/mol. The fourth-order valence-corrected chi connectivity index (χ4v) is 5.16. The van der Waals surface area contributed by atoms with Crippen LogP contribution in [0.4, 0.5) is 0 Å². The Kier molecular flexibility index (Phi) is 10.5. The van der Waals surface area contributed by atoms with Crippen molar-refractivity contribution in [1.29, 1.82) is 0 Å². The third-order valence-corrected chi connectivity index (χ3v) is 7.38. The Morgan fingerprint density at radius 1 is 0.525 bits per heavy atom. The van der Waals surface area contributed by atoms with Gasteiger partial charge in [0.15, 0.2) is 0 Å². The third kappa shape index (κ3) is 8.10. The van der Waals surface area contributed by atoms with Crippen LogP contribution in [0, 0.1) is 0 Å². The average molecular weight is 538 g/mol. The Hall–Kier alpha value is -3.32.